The highest BCUT2D eigenvalue weighted by atomic mass is 32.2. The molecule has 0 saturated carbocycles. The number of pyridine rings is 1. The summed E-state index contributed by atoms with van der Waals surface area (Å²) in [6.07, 6.45) is 5.23. The fraction of sp³-hybridized carbons (Fsp3) is 0.429. The molecule has 1 saturated heterocycles. The lowest BCUT2D eigenvalue weighted by Gasteiger charge is -2.32. The van der Waals surface area contributed by atoms with Gasteiger partial charge >= 0.3 is 0 Å². The molecule has 2 atom stereocenters. The van der Waals surface area contributed by atoms with E-state index in [-0.39, 0.29) is 17.1 Å². The lowest BCUT2D eigenvalue weighted by atomic mass is 9.97. The molecule has 0 aliphatic carbocycles. The van der Waals surface area contributed by atoms with Crippen LogP contribution in [0.5, 0.6) is 0 Å². The van der Waals surface area contributed by atoms with E-state index in [1.165, 1.54) is 11.8 Å². The van der Waals surface area contributed by atoms with Crippen molar-refractivity contribution in [3.8, 4) is 11.4 Å². The number of thioether (sulfide) groups is 1. The lowest BCUT2D eigenvalue weighted by Crippen LogP contribution is -2.42. The van der Waals surface area contributed by atoms with E-state index in [4.69, 9.17) is 4.52 Å². The molecule has 0 bridgehead atoms. The molecule has 156 valence electrons. The largest absolute Gasteiger partial charge is 0.341 e. The number of carbonyl (C=O) groups excluding carboxylic acids is 1. The van der Waals surface area contributed by atoms with Crippen molar-refractivity contribution in [2.75, 3.05) is 13.1 Å². The first-order valence-electron chi connectivity index (χ1n) is 10.0. The Bertz CT molecular complexity index is 1010. The van der Waals surface area contributed by atoms with Crippen molar-refractivity contribution in [1.29, 1.82) is 0 Å². The number of amides is 1. The Hall–Kier alpha value is -2.81. The van der Waals surface area contributed by atoms with Gasteiger partial charge in [0.15, 0.2) is 5.16 Å². The zero-order chi connectivity index (χ0) is 21.1. The van der Waals surface area contributed by atoms with Crippen molar-refractivity contribution in [3.05, 3.63) is 47.9 Å². The second-order valence-corrected chi connectivity index (χ2v) is 8.82. The van der Waals surface area contributed by atoms with E-state index < -0.39 is 0 Å². The van der Waals surface area contributed by atoms with E-state index in [9.17, 15) is 4.79 Å². The fourth-order valence-corrected chi connectivity index (χ4v) is 4.56. The van der Waals surface area contributed by atoms with Gasteiger partial charge in [-0.05, 0) is 51.8 Å². The van der Waals surface area contributed by atoms with Crippen LogP contribution in [0.2, 0.25) is 0 Å². The quantitative estimate of drug-likeness (QED) is 0.454. The number of piperidine rings is 1. The van der Waals surface area contributed by atoms with Crippen LogP contribution in [-0.2, 0) is 4.79 Å². The first kappa shape index (κ1) is 20.5. The zero-order valence-corrected chi connectivity index (χ0v) is 18.1. The van der Waals surface area contributed by atoms with Crippen molar-refractivity contribution < 1.29 is 9.32 Å². The molecule has 0 N–H and O–H groups in total. The van der Waals surface area contributed by atoms with Gasteiger partial charge in [0.25, 0.3) is 0 Å². The van der Waals surface area contributed by atoms with E-state index >= 15 is 0 Å². The molecule has 4 rings (SSSR count). The van der Waals surface area contributed by atoms with E-state index in [0.29, 0.717) is 23.4 Å². The molecule has 30 heavy (non-hydrogen) atoms. The highest BCUT2D eigenvalue weighted by Crippen LogP contribution is 2.29. The predicted octanol–water partition coefficient (Wildman–Crippen LogP) is 3.43. The summed E-state index contributed by atoms with van der Waals surface area (Å²) in [5.41, 5.74) is 2.63. The second kappa shape index (κ2) is 8.91. The first-order chi connectivity index (χ1) is 14.5. The van der Waals surface area contributed by atoms with Gasteiger partial charge in [-0.25, -0.2) is 9.97 Å². The number of aromatic nitrogens is 5. The van der Waals surface area contributed by atoms with Crippen LogP contribution in [0, 0.1) is 13.8 Å². The molecule has 0 radical (unpaired) electrons. The normalized spacial score (nSPS) is 17.7. The van der Waals surface area contributed by atoms with Gasteiger partial charge < -0.3 is 9.42 Å². The van der Waals surface area contributed by atoms with Gasteiger partial charge in [0.1, 0.15) is 0 Å². The van der Waals surface area contributed by atoms with Crippen LogP contribution in [0.1, 0.15) is 43.0 Å². The predicted molar refractivity (Wildman–Crippen MR) is 113 cm³/mol. The third-order valence-electron chi connectivity index (χ3n) is 5.04. The van der Waals surface area contributed by atoms with Gasteiger partial charge in [-0.1, -0.05) is 16.9 Å². The molecular weight excluding hydrogens is 400 g/mol. The van der Waals surface area contributed by atoms with Gasteiger partial charge in [0, 0.05) is 42.4 Å². The van der Waals surface area contributed by atoms with Crippen LogP contribution >= 0.6 is 11.8 Å². The maximum absolute atomic E-state index is 13.1. The molecule has 8 nitrogen and oxygen atoms in total. The number of rotatable bonds is 5. The minimum Gasteiger partial charge on any atom is -0.341 e. The third kappa shape index (κ3) is 4.67. The Kier molecular flexibility index (Phi) is 6.08. The van der Waals surface area contributed by atoms with Crippen LogP contribution in [0.4, 0.5) is 0 Å². The van der Waals surface area contributed by atoms with Crippen LogP contribution in [-0.4, -0.2) is 54.2 Å². The molecule has 1 amide bonds. The van der Waals surface area contributed by atoms with Gasteiger partial charge in [-0.15, -0.1) is 0 Å². The molecule has 0 aromatic carbocycles. The maximum Gasteiger partial charge on any atom is 0.235 e. The average molecular weight is 425 g/mol. The van der Waals surface area contributed by atoms with Crippen molar-refractivity contribution in [1.82, 2.24) is 30.0 Å². The number of aryl methyl sites for hydroxylation is 2. The molecule has 1 aliphatic heterocycles. The summed E-state index contributed by atoms with van der Waals surface area (Å²) in [6.45, 7) is 7.09. The summed E-state index contributed by atoms with van der Waals surface area (Å²) in [7, 11) is 0. The first-order valence-corrected chi connectivity index (χ1v) is 10.9. The monoisotopic (exact) mass is 424 g/mol. The molecular formula is C21H24N6O2S. The van der Waals surface area contributed by atoms with Crippen LogP contribution in [0.15, 0.2) is 40.3 Å². The summed E-state index contributed by atoms with van der Waals surface area (Å²) >= 11 is 1.40. The Balaban J connectivity index is 1.42. The number of hydrogen-bond acceptors (Lipinski definition) is 8. The molecule has 0 unspecified atom stereocenters. The van der Waals surface area contributed by atoms with Gasteiger partial charge in [-0.3, -0.25) is 9.78 Å². The van der Waals surface area contributed by atoms with Gasteiger partial charge in [-0.2, -0.15) is 4.98 Å². The minimum absolute atomic E-state index is 0.0373. The molecule has 1 aliphatic rings. The molecule has 3 aromatic rings. The lowest BCUT2D eigenvalue weighted by molar-refractivity contribution is -0.131. The smallest absolute Gasteiger partial charge is 0.235 e. The zero-order valence-electron chi connectivity index (χ0n) is 17.3. The summed E-state index contributed by atoms with van der Waals surface area (Å²) < 4.78 is 5.52. The van der Waals surface area contributed by atoms with Crippen molar-refractivity contribution in [3.63, 3.8) is 0 Å². The Labute approximate surface area is 179 Å². The van der Waals surface area contributed by atoms with E-state index in [1.54, 1.807) is 12.4 Å². The molecule has 4 heterocycles. The summed E-state index contributed by atoms with van der Waals surface area (Å²) in [4.78, 5) is 32.5. The average Bonchev–Trinajstić information content (AvgIpc) is 3.23. The number of likely N-dealkylation sites (tertiary alicyclic amines) is 1. The topological polar surface area (TPSA) is 97.9 Å². The third-order valence-corrected chi connectivity index (χ3v) is 5.98. The molecule has 1 fully saturated rings. The fourth-order valence-electron chi connectivity index (χ4n) is 3.60. The number of nitrogens with zero attached hydrogens (tertiary/aromatic N) is 6. The van der Waals surface area contributed by atoms with E-state index in [2.05, 4.69) is 25.1 Å². The van der Waals surface area contributed by atoms with E-state index in [0.717, 1.165) is 36.3 Å². The highest BCUT2D eigenvalue weighted by molar-refractivity contribution is 8.00. The van der Waals surface area contributed by atoms with Crippen LogP contribution in [0.3, 0.4) is 0 Å². The standard InChI is InChI=1S/C21H24N6O2S/c1-13-10-14(2)24-21(23-13)30-15(3)20(28)27-9-5-7-17(12-27)19-25-18(26-29-19)16-6-4-8-22-11-16/h4,6,8,10-11,15,17H,5,7,9,12H2,1-3H3/t15-,17+/m1/s1. The van der Waals surface area contributed by atoms with Crippen LogP contribution in [0.25, 0.3) is 11.4 Å². The van der Waals surface area contributed by atoms with Crippen molar-refractivity contribution >= 4 is 17.7 Å². The summed E-state index contributed by atoms with van der Waals surface area (Å²) in [5.74, 6) is 1.22. The van der Waals surface area contributed by atoms with Crippen molar-refractivity contribution in [2.24, 2.45) is 0 Å². The Morgan fingerprint density at radius 3 is 2.80 bits per heavy atom. The SMILES string of the molecule is Cc1cc(C)nc(S[C@H](C)C(=O)N2CCC[C@H](c3nc(-c4cccnc4)no3)C2)n1. The number of hydrogen-bond donors (Lipinski definition) is 0. The van der Waals surface area contributed by atoms with Crippen molar-refractivity contribution in [2.45, 2.75) is 49.9 Å². The summed E-state index contributed by atoms with van der Waals surface area (Å²) in [5, 5.41) is 4.46. The molecule has 3 aromatic heterocycles. The Morgan fingerprint density at radius 2 is 2.07 bits per heavy atom. The summed E-state index contributed by atoms with van der Waals surface area (Å²) in [6, 6.07) is 5.66. The minimum atomic E-state index is -0.265. The van der Waals surface area contributed by atoms with Gasteiger partial charge in [0.05, 0.1) is 11.2 Å². The number of carbonyl (C=O) groups is 1. The van der Waals surface area contributed by atoms with E-state index in [1.807, 2.05) is 43.9 Å². The van der Waals surface area contributed by atoms with Crippen LogP contribution < -0.4 is 0 Å². The highest BCUT2D eigenvalue weighted by Gasteiger charge is 2.31. The molecule has 9 heteroatoms. The van der Waals surface area contributed by atoms with Gasteiger partial charge in [0.2, 0.25) is 17.6 Å². The molecule has 0 spiro atoms. The Morgan fingerprint density at radius 1 is 1.27 bits per heavy atom. The second-order valence-electron chi connectivity index (χ2n) is 7.51. The maximum atomic E-state index is 13.1.